The van der Waals surface area contributed by atoms with Gasteiger partial charge in [-0.2, -0.15) is 0 Å². The second-order valence-corrected chi connectivity index (χ2v) is 5.97. The number of hydrogen-bond acceptors (Lipinski definition) is 6. The topological polar surface area (TPSA) is 115 Å². The van der Waals surface area contributed by atoms with Crippen LogP contribution in [-0.2, 0) is 14.3 Å². The van der Waals surface area contributed by atoms with Crippen LogP contribution in [0.4, 0.5) is 0 Å². The lowest BCUT2D eigenvalue weighted by molar-refractivity contribution is -0.147. The Morgan fingerprint density at radius 3 is 2.29 bits per heavy atom. The lowest BCUT2D eigenvalue weighted by Gasteiger charge is -2.15. The van der Waals surface area contributed by atoms with Crippen LogP contribution in [-0.4, -0.2) is 33.6 Å². The van der Waals surface area contributed by atoms with Gasteiger partial charge in [-0.15, -0.1) is 0 Å². The molecule has 0 aliphatic carbocycles. The van der Waals surface area contributed by atoms with Gasteiger partial charge in [-0.1, -0.05) is 42.5 Å². The summed E-state index contributed by atoms with van der Waals surface area (Å²) in [5.74, 6) is -3.24. The molecule has 3 aromatic rings. The molecule has 0 spiro atoms. The van der Waals surface area contributed by atoms with Crippen LogP contribution in [0.1, 0.15) is 29.8 Å². The molecular weight excluding hydrogens is 358 g/mol. The van der Waals surface area contributed by atoms with E-state index in [4.69, 9.17) is 10.5 Å². The van der Waals surface area contributed by atoms with Crippen molar-refractivity contribution < 1.29 is 19.4 Å². The van der Waals surface area contributed by atoms with E-state index in [-0.39, 0.29) is 23.8 Å². The number of carbonyl (C=O) groups is 2. The van der Waals surface area contributed by atoms with Crippen molar-refractivity contribution >= 4 is 34.7 Å². The van der Waals surface area contributed by atoms with Gasteiger partial charge in [0.1, 0.15) is 5.76 Å². The Kier molecular flexibility index (Phi) is 5.64. The minimum atomic E-state index is -1.44. The summed E-state index contributed by atoms with van der Waals surface area (Å²) < 4.78 is 4.99. The zero-order chi connectivity index (χ0) is 20.1. The number of aromatic nitrogens is 2. The van der Waals surface area contributed by atoms with Crippen molar-refractivity contribution in [1.29, 1.82) is 0 Å². The molecule has 1 aromatic heterocycles. The van der Waals surface area contributed by atoms with Crippen molar-refractivity contribution in [2.75, 3.05) is 6.61 Å². The molecule has 1 amide bonds. The van der Waals surface area contributed by atoms with E-state index in [9.17, 15) is 14.7 Å². The maximum Gasteiger partial charge on any atom is 0.324 e. The second-order valence-electron chi connectivity index (χ2n) is 5.97. The third kappa shape index (κ3) is 3.98. The average molecular weight is 377 g/mol. The smallest absolute Gasteiger partial charge is 0.324 e. The van der Waals surface area contributed by atoms with E-state index >= 15 is 0 Å². The molecule has 3 rings (SSSR count). The summed E-state index contributed by atoms with van der Waals surface area (Å²) in [6.07, 6.45) is 1.36. The molecule has 28 heavy (non-hydrogen) atoms. The molecule has 0 unspecified atom stereocenters. The lowest BCUT2D eigenvalue weighted by Crippen LogP contribution is -2.31. The normalized spacial score (nSPS) is 12.5. The molecule has 142 valence electrons. The number of fused-ring (bicyclic) bond motifs is 1. The van der Waals surface area contributed by atoms with E-state index in [0.29, 0.717) is 16.6 Å². The Hall–Kier alpha value is -3.74. The fraction of sp³-hybridized carbons (Fsp3) is 0.143. The number of aliphatic hydroxyl groups is 1. The Labute approximate surface area is 161 Å². The lowest BCUT2D eigenvalue weighted by atomic mass is 10.0. The van der Waals surface area contributed by atoms with Crippen molar-refractivity contribution in [3.8, 4) is 0 Å². The third-order valence-corrected chi connectivity index (χ3v) is 4.05. The van der Waals surface area contributed by atoms with E-state index in [1.165, 1.54) is 6.08 Å². The zero-order valence-corrected chi connectivity index (χ0v) is 15.2. The number of ether oxygens (including phenoxy) is 1. The van der Waals surface area contributed by atoms with Crippen LogP contribution in [0.2, 0.25) is 0 Å². The average Bonchev–Trinajstić information content (AvgIpc) is 2.69. The van der Waals surface area contributed by atoms with E-state index in [1.54, 1.807) is 55.5 Å². The van der Waals surface area contributed by atoms with Crippen molar-refractivity contribution in [3.63, 3.8) is 0 Å². The van der Waals surface area contributed by atoms with E-state index < -0.39 is 17.8 Å². The number of nitrogens with zero attached hydrogens (tertiary/aromatic N) is 2. The molecule has 0 saturated heterocycles. The second kappa shape index (κ2) is 8.30. The maximum absolute atomic E-state index is 12.4. The summed E-state index contributed by atoms with van der Waals surface area (Å²) in [7, 11) is 0. The molecule has 0 saturated carbocycles. The summed E-state index contributed by atoms with van der Waals surface area (Å²) in [6, 6.07) is 15.8. The maximum atomic E-state index is 12.4. The van der Waals surface area contributed by atoms with Crippen molar-refractivity contribution in [2.45, 2.75) is 12.8 Å². The first-order chi connectivity index (χ1) is 13.5. The van der Waals surface area contributed by atoms with Gasteiger partial charge in [0.2, 0.25) is 5.91 Å². The number of carbonyl (C=O) groups excluding carboxylic acids is 2. The van der Waals surface area contributed by atoms with Crippen molar-refractivity contribution in [3.05, 3.63) is 71.5 Å². The quantitative estimate of drug-likeness (QED) is 0.388. The molecule has 2 aromatic carbocycles. The number of amides is 1. The van der Waals surface area contributed by atoms with Crippen LogP contribution in [0.3, 0.4) is 0 Å². The Morgan fingerprint density at radius 1 is 1.07 bits per heavy atom. The number of aliphatic hydroxyl groups excluding tert-OH is 1. The Morgan fingerprint density at radius 2 is 1.68 bits per heavy atom. The summed E-state index contributed by atoms with van der Waals surface area (Å²) in [4.78, 5) is 33.3. The first kappa shape index (κ1) is 19.0. The van der Waals surface area contributed by atoms with Gasteiger partial charge in [0, 0.05) is 11.6 Å². The van der Waals surface area contributed by atoms with Gasteiger partial charge >= 0.3 is 5.97 Å². The highest BCUT2D eigenvalue weighted by atomic mass is 16.5. The van der Waals surface area contributed by atoms with Gasteiger partial charge in [-0.25, -0.2) is 9.97 Å². The number of hydrogen-bond donors (Lipinski definition) is 2. The number of para-hydroxylation sites is 2. The summed E-state index contributed by atoms with van der Waals surface area (Å²) >= 11 is 0. The standard InChI is InChI=1S/C21H19N3O4/c1-2-28-21(27)18(20(22)26)19-16(12-17(25)13-8-4-3-5-9-13)23-14-10-6-7-11-15(14)24-19/h3-12,18,25H,2H2,1H3,(H2,22,26)/t18-/m1/s1. The fourth-order valence-electron chi connectivity index (χ4n) is 2.76. The number of nitrogens with two attached hydrogens (primary N) is 1. The molecule has 0 bridgehead atoms. The van der Waals surface area contributed by atoms with Gasteiger partial charge in [0.15, 0.2) is 5.92 Å². The summed E-state index contributed by atoms with van der Waals surface area (Å²) in [5.41, 5.74) is 7.25. The minimum absolute atomic E-state index is 0.0344. The highest BCUT2D eigenvalue weighted by Gasteiger charge is 2.32. The van der Waals surface area contributed by atoms with Gasteiger partial charge in [0.25, 0.3) is 0 Å². The fourth-order valence-corrected chi connectivity index (χ4v) is 2.76. The van der Waals surface area contributed by atoms with Crippen LogP contribution in [0, 0.1) is 0 Å². The van der Waals surface area contributed by atoms with Gasteiger partial charge < -0.3 is 15.6 Å². The number of benzene rings is 2. The highest BCUT2D eigenvalue weighted by molar-refractivity contribution is 6.03. The number of primary amides is 1. The van der Waals surface area contributed by atoms with E-state index in [2.05, 4.69) is 9.97 Å². The summed E-state index contributed by atoms with van der Waals surface area (Å²) in [6.45, 7) is 1.72. The monoisotopic (exact) mass is 377 g/mol. The first-order valence-corrected chi connectivity index (χ1v) is 8.70. The molecule has 0 fully saturated rings. The molecule has 0 aliphatic rings. The van der Waals surface area contributed by atoms with E-state index in [1.807, 2.05) is 6.07 Å². The van der Waals surface area contributed by atoms with Crippen LogP contribution in [0.25, 0.3) is 22.9 Å². The SMILES string of the molecule is CCOC(=O)[C@@H](C(N)=O)c1nc2ccccc2nc1C=C(O)c1ccccc1. The molecule has 0 aliphatic heterocycles. The Bertz CT molecular complexity index is 1050. The molecule has 0 radical (unpaired) electrons. The van der Waals surface area contributed by atoms with Gasteiger partial charge in [-0.05, 0) is 19.1 Å². The van der Waals surface area contributed by atoms with E-state index in [0.717, 1.165) is 0 Å². The van der Waals surface area contributed by atoms with Crippen molar-refractivity contribution in [1.82, 2.24) is 9.97 Å². The van der Waals surface area contributed by atoms with Crippen molar-refractivity contribution in [2.24, 2.45) is 5.73 Å². The minimum Gasteiger partial charge on any atom is -0.507 e. The molecule has 7 nitrogen and oxygen atoms in total. The zero-order valence-electron chi connectivity index (χ0n) is 15.2. The molecular formula is C21H19N3O4. The van der Waals surface area contributed by atoms with Gasteiger partial charge in [0.05, 0.1) is 29.0 Å². The summed E-state index contributed by atoms with van der Waals surface area (Å²) in [5, 5.41) is 10.5. The van der Waals surface area contributed by atoms with Crippen LogP contribution in [0.15, 0.2) is 54.6 Å². The van der Waals surface area contributed by atoms with Crippen LogP contribution >= 0.6 is 0 Å². The predicted molar refractivity (Wildman–Crippen MR) is 105 cm³/mol. The number of rotatable bonds is 6. The molecule has 1 heterocycles. The Balaban J connectivity index is 2.21. The number of esters is 1. The first-order valence-electron chi connectivity index (χ1n) is 8.70. The third-order valence-electron chi connectivity index (χ3n) is 4.05. The highest BCUT2D eigenvalue weighted by Crippen LogP contribution is 2.25. The largest absolute Gasteiger partial charge is 0.507 e. The molecule has 7 heteroatoms. The van der Waals surface area contributed by atoms with Crippen LogP contribution in [0.5, 0.6) is 0 Å². The molecule has 1 atom stereocenters. The predicted octanol–water partition coefficient (Wildman–Crippen LogP) is 2.82. The van der Waals surface area contributed by atoms with Crippen LogP contribution < -0.4 is 5.73 Å². The van der Waals surface area contributed by atoms with Gasteiger partial charge in [-0.3, -0.25) is 9.59 Å². The molecule has 3 N–H and O–H groups in total.